The summed E-state index contributed by atoms with van der Waals surface area (Å²) in [7, 11) is 0. The number of nitrogens with one attached hydrogen (secondary N) is 1. The van der Waals surface area contributed by atoms with E-state index in [2.05, 4.69) is 5.32 Å². The fraction of sp³-hybridized carbons (Fsp3) is 0.929. The second kappa shape index (κ2) is 5.34. The highest BCUT2D eigenvalue weighted by Gasteiger charge is 2.53. The number of likely N-dealkylation sites (tertiary alicyclic amines) is 1. The van der Waals surface area contributed by atoms with Crippen molar-refractivity contribution in [2.75, 3.05) is 19.6 Å². The standard InChI is InChI=1S/C14H24F3N3O/c1-3-12(4-2,14(15,16)17)8-19-11(21)20-7-10-5-6-13(10,18)9-20/h10H,3-9,18H2,1-2H3,(H,19,21)/t10-,13-/m0/s1. The van der Waals surface area contributed by atoms with E-state index in [1.807, 2.05) is 0 Å². The molecule has 2 aliphatic rings. The van der Waals surface area contributed by atoms with Crippen molar-refractivity contribution in [3.8, 4) is 0 Å². The SMILES string of the molecule is CCC(CC)(CNC(=O)N1C[C@@H]2CC[C@]2(N)C1)C(F)(F)F. The molecule has 1 aliphatic carbocycles. The predicted molar refractivity (Wildman–Crippen MR) is 73.7 cm³/mol. The quantitative estimate of drug-likeness (QED) is 0.838. The van der Waals surface area contributed by atoms with Gasteiger partial charge in [0.15, 0.2) is 0 Å². The maximum Gasteiger partial charge on any atom is 0.396 e. The smallest absolute Gasteiger partial charge is 0.337 e. The molecule has 0 aromatic carbocycles. The predicted octanol–water partition coefficient (Wildman–Crippen LogP) is 2.49. The number of rotatable bonds is 4. The first kappa shape index (κ1) is 16.4. The van der Waals surface area contributed by atoms with Gasteiger partial charge in [0.1, 0.15) is 0 Å². The maximum absolute atomic E-state index is 13.2. The average Bonchev–Trinajstić information content (AvgIpc) is 2.63. The molecule has 0 aromatic heterocycles. The Morgan fingerprint density at radius 1 is 1.38 bits per heavy atom. The van der Waals surface area contributed by atoms with Crippen LogP contribution < -0.4 is 11.1 Å². The third-order valence-corrected chi connectivity index (χ3v) is 5.52. The van der Waals surface area contributed by atoms with Crippen LogP contribution in [0.2, 0.25) is 0 Å². The van der Waals surface area contributed by atoms with Crippen LogP contribution in [-0.4, -0.2) is 42.3 Å². The van der Waals surface area contributed by atoms with Crippen LogP contribution >= 0.6 is 0 Å². The molecule has 122 valence electrons. The lowest BCUT2D eigenvalue weighted by atomic mass is 9.70. The molecule has 1 heterocycles. The second-order valence-electron chi connectivity index (χ2n) is 6.49. The van der Waals surface area contributed by atoms with Gasteiger partial charge in [0.05, 0.1) is 5.41 Å². The van der Waals surface area contributed by atoms with Gasteiger partial charge in [-0.15, -0.1) is 0 Å². The zero-order valence-electron chi connectivity index (χ0n) is 12.6. The summed E-state index contributed by atoms with van der Waals surface area (Å²) in [4.78, 5) is 13.7. The van der Waals surface area contributed by atoms with Crippen molar-refractivity contribution in [2.24, 2.45) is 17.1 Å². The van der Waals surface area contributed by atoms with E-state index < -0.39 is 17.6 Å². The molecule has 1 saturated heterocycles. The molecule has 2 rings (SSSR count). The van der Waals surface area contributed by atoms with Crippen LogP contribution in [0.3, 0.4) is 0 Å². The lowest BCUT2D eigenvalue weighted by Crippen LogP contribution is -2.55. The van der Waals surface area contributed by atoms with Gasteiger partial charge in [-0.3, -0.25) is 0 Å². The monoisotopic (exact) mass is 307 g/mol. The minimum absolute atomic E-state index is 0.0449. The van der Waals surface area contributed by atoms with E-state index in [-0.39, 0.29) is 24.9 Å². The maximum atomic E-state index is 13.2. The molecule has 1 aliphatic heterocycles. The van der Waals surface area contributed by atoms with Crippen molar-refractivity contribution in [2.45, 2.75) is 51.2 Å². The number of nitrogens with two attached hydrogens (primary N) is 1. The highest BCUT2D eigenvalue weighted by molar-refractivity contribution is 5.75. The van der Waals surface area contributed by atoms with E-state index in [1.165, 1.54) is 13.8 Å². The highest BCUT2D eigenvalue weighted by Crippen LogP contribution is 2.44. The first-order valence-electron chi connectivity index (χ1n) is 7.56. The molecule has 21 heavy (non-hydrogen) atoms. The van der Waals surface area contributed by atoms with Crippen LogP contribution in [0.15, 0.2) is 0 Å². The largest absolute Gasteiger partial charge is 0.396 e. The van der Waals surface area contributed by atoms with Gasteiger partial charge in [-0.1, -0.05) is 13.8 Å². The van der Waals surface area contributed by atoms with E-state index in [9.17, 15) is 18.0 Å². The van der Waals surface area contributed by atoms with Crippen LogP contribution in [-0.2, 0) is 0 Å². The van der Waals surface area contributed by atoms with Gasteiger partial charge < -0.3 is 16.0 Å². The van der Waals surface area contributed by atoms with E-state index in [0.717, 1.165) is 12.8 Å². The normalized spacial score (nSPS) is 29.0. The number of halogens is 3. The minimum atomic E-state index is -4.32. The number of urea groups is 1. The molecule has 0 bridgehead atoms. The van der Waals surface area contributed by atoms with Gasteiger partial charge in [0.2, 0.25) is 0 Å². The Kier molecular flexibility index (Phi) is 4.17. The third kappa shape index (κ3) is 2.72. The summed E-state index contributed by atoms with van der Waals surface area (Å²) < 4.78 is 39.6. The third-order valence-electron chi connectivity index (χ3n) is 5.52. The van der Waals surface area contributed by atoms with Gasteiger partial charge in [-0.25, -0.2) is 4.79 Å². The van der Waals surface area contributed by atoms with Crippen LogP contribution in [0.5, 0.6) is 0 Å². The fourth-order valence-corrected chi connectivity index (χ4v) is 3.40. The summed E-state index contributed by atoms with van der Waals surface area (Å²) >= 11 is 0. The molecule has 0 unspecified atom stereocenters. The van der Waals surface area contributed by atoms with Crippen LogP contribution in [0, 0.1) is 11.3 Å². The zero-order chi connectivity index (χ0) is 15.9. The minimum Gasteiger partial charge on any atom is -0.337 e. The number of nitrogens with zero attached hydrogens (tertiary/aromatic N) is 1. The summed E-state index contributed by atoms with van der Waals surface area (Å²) in [5.41, 5.74) is 3.98. The average molecular weight is 307 g/mol. The Labute approximate surface area is 123 Å². The van der Waals surface area contributed by atoms with E-state index in [1.54, 1.807) is 4.90 Å². The molecule has 2 atom stereocenters. The van der Waals surface area contributed by atoms with Crippen molar-refractivity contribution in [3.05, 3.63) is 0 Å². The van der Waals surface area contributed by atoms with Crippen LogP contribution in [0.1, 0.15) is 39.5 Å². The number of carbonyl (C=O) groups excluding carboxylic acids is 1. The lowest BCUT2D eigenvalue weighted by molar-refractivity contribution is -0.224. The first-order valence-corrected chi connectivity index (χ1v) is 7.56. The van der Waals surface area contributed by atoms with Gasteiger partial charge >= 0.3 is 12.2 Å². The van der Waals surface area contributed by atoms with Crippen molar-refractivity contribution >= 4 is 6.03 Å². The van der Waals surface area contributed by atoms with E-state index in [4.69, 9.17) is 5.73 Å². The lowest BCUT2D eigenvalue weighted by Gasteiger charge is -2.40. The topological polar surface area (TPSA) is 58.4 Å². The van der Waals surface area contributed by atoms with Gasteiger partial charge in [0.25, 0.3) is 0 Å². The number of amides is 2. The van der Waals surface area contributed by atoms with Gasteiger partial charge in [0, 0.05) is 25.2 Å². The molecule has 1 saturated carbocycles. The molecular formula is C14H24F3N3O. The number of fused-ring (bicyclic) bond motifs is 1. The molecule has 4 nitrogen and oxygen atoms in total. The number of hydrogen-bond donors (Lipinski definition) is 2. The Morgan fingerprint density at radius 3 is 2.33 bits per heavy atom. The molecule has 0 aromatic rings. The second-order valence-corrected chi connectivity index (χ2v) is 6.49. The summed E-state index contributed by atoms with van der Waals surface area (Å²) in [6.07, 6.45) is -2.52. The van der Waals surface area contributed by atoms with Crippen LogP contribution in [0.4, 0.5) is 18.0 Å². The Morgan fingerprint density at radius 2 is 2.00 bits per heavy atom. The van der Waals surface area contributed by atoms with Gasteiger partial charge in [-0.05, 0) is 31.6 Å². The first-order chi connectivity index (χ1) is 9.67. The van der Waals surface area contributed by atoms with Gasteiger partial charge in [-0.2, -0.15) is 13.2 Å². The fourth-order valence-electron chi connectivity index (χ4n) is 3.40. The van der Waals surface area contributed by atoms with E-state index >= 15 is 0 Å². The molecule has 0 radical (unpaired) electrons. The molecular weight excluding hydrogens is 283 g/mol. The molecule has 0 spiro atoms. The highest BCUT2D eigenvalue weighted by atomic mass is 19.4. The van der Waals surface area contributed by atoms with Crippen molar-refractivity contribution in [3.63, 3.8) is 0 Å². The number of alkyl halides is 3. The van der Waals surface area contributed by atoms with Crippen molar-refractivity contribution < 1.29 is 18.0 Å². The zero-order valence-corrected chi connectivity index (χ0v) is 12.6. The van der Waals surface area contributed by atoms with Crippen molar-refractivity contribution in [1.29, 1.82) is 0 Å². The Bertz CT molecular complexity index is 409. The summed E-state index contributed by atoms with van der Waals surface area (Å²) in [6, 6.07) is -0.426. The Balaban J connectivity index is 1.94. The van der Waals surface area contributed by atoms with Crippen molar-refractivity contribution in [1.82, 2.24) is 10.2 Å². The Hall–Kier alpha value is -0.980. The molecule has 7 heteroatoms. The molecule has 2 fully saturated rings. The molecule has 3 N–H and O–H groups in total. The van der Waals surface area contributed by atoms with E-state index in [0.29, 0.717) is 19.0 Å². The summed E-state index contributed by atoms with van der Waals surface area (Å²) in [5, 5.41) is 2.47. The molecule has 2 amide bonds. The van der Waals surface area contributed by atoms with Crippen LogP contribution in [0.25, 0.3) is 0 Å². The number of hydrogen-bond acceptors (Lipinski definition) is 2. The summed E-state index contributed by atoms with van der Waals surface area (Å²) in [5.74, 6) is 0.299. The number of carbonyl (C=O) groups is 1. The summed E-state index contributed by atoms with van der Waals surface area (Å²) in [6.45, 7) is 3.64.